The second-order valence-electron chi connectivity index (χ2n) is 5.22. The maximum Gasteiger partial charge on any atom is 0.339 e. The zero-order valence-electron chi connectivity index (χ0n) is 13.3. The van der Waals surface area contributed by atoms with Gasteiger partial charge in [0.25, 0.3) is 0 Å². The van der Waals surface area contributed by atoms with Gasteiger partial charge in [-0.05, 0) is 26.0 Å². The van der Waals surface area contributed by atoms with Crippen LogP contribution >= 0.6 is 11.8 Å². The van der Waals surface area contributed by atoms with Gasteiger partial charge in [-0.3, -0.25) is 0 Å². The van der Waals surface area contributed by atoms with Gasteiger partial charge in [0, 0.05) is 22.8 Å². The molecule has 0 spiro atoms. The van der Waals surface area contributed by atoms with Gasteiger partial charge in [-0.25, -0.2) is 4.79 Å². The Bertz CT molecular complexity index is 840. The highest BCUT2D eigenvalue weighted by Gasteiger charge is 2.14. The SMILES string of the molecule is Cc1cc(COC(=O)c2ccccc2SCc2cc(C)on2)no1. The third-order valence-corrected chi connectivity index (χ3v) is 4.29. The van der Waals surface area contributed by atoms with Crippen LogP contribution in [0.3, 0.4) is 0 Å². The van der Waals surface area contributed by atoms with Crippen molar-refractivity contribution in [1.29, 1.82) is 0 Å². The summed E-state index contributed by atoms with van der Waals surface area (Å²) < 4.78 is 15.3. The maximum atomic E-state index is 12.3. The van der Waals surface area contributed by atoms with Gasteiger partial charge in [0.05, 0.1) is 11.3 Å². The summed E-state index contributed by atoms with van der Waals surface area (Å²) in [6.45, 7) is 3.71. The highest BCUT2D eigenvalue weighted by molar-refractivity contribution is 7.98. The van der Waals surface area contributed by atoms with E-state index in [2.05, 4.69) is 10.3 Å². The summed E-state index contributed by atoms with van der Waals surface area (Å²) in [5, 5.41) is 7.76. The van der Waals surface area contributed by atoms with Crippen LogP contribution in [0.1, 0.15) is 33.3 Å². The molecular weight excluding hydrogens is 328 g/mol. The quantitative estimate of drug-likeness (QED) is 0.495. The van der Waals surface area contributed by atoms with E-state index in [9.17, 15) is 4.79 Å². The minimum Gasteiger partial charge on any atom is -0.455 e. The Hall–Kier alpha value is -2.54. The molecule has 0 saturated heterocycles. The number of hydrogen-bond acceptors (Lipinski definition) is 7. The summed E-state index contributed by atoms with van der Waals surface area (Å²) in [6.07, 6.45) is 0. The fourth-order valence-electron chi connectivity index (χ4n) is 2.10. The van der Waals surface area contributed by atoms with Crippen LogP contribution in [0.15, 0.2) is 50.3 Å². The number of hydrogen-bond donors (Lipinski definition) is 0. The minimum absolute atomic E-state index is 0.0810. The van der Waals surface area contributed by atoms with Crippen LogP contribution < -0.4 is 0 Å². The Labute approximate surface area is 143 Å². The van der Waals surface area contributed by atoms with Gasteiger partial charge in [0.2, 0.25) is 0 Å². The third kappa shape index (κ3) is 4.05. The lowest BCUT2D eigenvalue weighted by atomic mass is 10.2. The average molecular weight is 344 g/mol. The summed E-state index contributed by atoms with van der Waals surface area (Å²) >= 11 is 1.51. The summed E-state index contributed by atoms with van der Waals surface area (Å²) in [4.78, 5) is 13.2. The molecule has 3 aromatic rings. The molecule has 1 aromatic carbocycles. The summed E-state index contributed by atoms with van der Waals surface area (Å²) in [6, 6.07) is 10.9. The fraction of sp³-hybridized carbons (Fsp3) is 0.235. The minimum atomic E-state index is -0.393. The van der Waals surface area contributed by atoms with Crippen molar-refractivity contribution in [1.82, 2.24) is 10.3 Å². The summed E-state index contributed by atoms with van der Waals surface area (Å²) in [7, 11) is 0. The van der Waals surface area contributed by atoms with E-state index in [1.54, 1.807) is 25.1 Å². The molecule has 2 heterocycles. The molecule has 0 N–H and O–H groups in total. The van der Waals surface area contributed by atoms with Crippen molar-refractivity contribution in [2.45, 2.75) is 31.1 Å². The topological polar surface area (TPSA) is 78.4 Å². The number of rotatable bonds is 6. The van der Waals surface area contributed by atoms with Crippen LogP contribution in [-0.4, -0.2) is 16.3 Å². The van der Waals surface area contributed by atoms with Crippen molar-refractivity contribution in [2.75, 3.05) is 0 Å². The van der Waals surface area contributed by atoms with Crippen molar-refractivity contribution in [3.63, 3.8) is 0 Å². The van der Waals surface area contributed by atoms with Crippen molar-refractivity contribution < 1.29 is 18.6 Å². The smallest absolute Gasteiger partial charge is 0.339 e. The van der Waals surface area contributed by atoms with Crippen LogP contribution in [-0.2, 0) is 17.1 Å². The average Bonchev–Trinajstić information content (AvgIpc) is 3.19. The number of aryl methyl sites for hydroxylation is 2. The number of carbonyl (C=O) groups excluding carboxylic acids is 1. The number of nitrogens with zero attached hydrogens (tertiary/aromatic N) is 2. The predicted octanol–water partition coefficient (Wildman–Crippen LogP) is 3.93. The lowest BCUT2D eigenvalue weighted by Gasteiger charge is -2.07. The van der Waals surface area contributed by atoms with Gasteiger partial charge in [-0.15, -0.1) is 11.8 Å². The molecule has 6 nitrogen and oxygen atoms in total. The molecule has 0 amide bonds. The van der Waals surface area contributed by atoms with Crippen molar-refractivity contribution in [2.24, 2.45) is 0 Å². The molecule has 0 radical (unpaired) electrons. The maximum absolute atomic E-state index is 12.3. The molecular formula is C17H16N2O4S. The second-order valence-corrected chi connectivity index (χ2v) is 6.24. The molecule has 0 aliphatic carbocycles. The van der Waals surface area contributed by atoms with Gasteiger partial charge >= 0.3 is 5.97 Å². The van der Waals surface area contributed by atoms with Gasteiger partial charge in [0.1, 0.15) is 23.8 Å². The van der Waals surface area contributed by atoms with E-state index >= 15 is 0 Å². The van der Waals surface area contributed by atoms with Crippen LogP contribution in [0.2, 0.25) is 0 Å². The Morgan fingerprint density at radius 3 is 2.42 bits per heavy atom. The van der Waals surface area contributed by atoms with Crippen molar-refractivity contribution in [3.05, 3.63) is 64.9 Å². The normalized spacial score (nSPS) is 10.8. The molecule has 0 bridgehead atoms. The molecule has 2 aromatic heterocycles. The third-order valence-electron chi connectivity index (χ3n) is 3.19. The molecule has 24 heavy (non-hydrogen) atoms. The van der Waals surface area contributed by atoms with Crippen LogP contribution in [0.4, 0.5) is 0 Å². The van der Waals surface area contributed by atoms with E-state index in [0.717, 1.165) is 16.3 Å². The molecule has 0 saturated carbocycles. The van der Waals surface area contributed by atoms with E-state index in [0.29, 0.717) is 22.8 Å². The first-order valence-electron chi connectivity index (χ1n) is 7.35. The first-order chi connectivity index (χ1) is 11.6. The predicted molar refractivity (Wildman–Crippen MR) is 87.6 cm³/mol. The monoisotopic (exact) mass is 344 g/mol. The van der Waals surface area contributed by atoms with E-state index in [1.165, 1.54) is 11.8 Å². The molecule has 0 atom stereocenters. The molecule has 0 aliphatic heterocycles. The Morgan fingerprint density at radius 2 is 1.75 bits per heavy atom. The Morgan fingerprint density at radius 1 is 1.08 bits per heavy atom. The van der Waals surface area contributed by atoms with E-state index < -0.39 is 5.97 Å². The van der Waals surface area contributed by atoms with Gasteiger partial charge in [-0.2, -0.15) is 0 Å². The molecule has 7 heteroatoms. The first kappa shape index (κ1) is 16.3. The van der Waals surface area contributed by atoms with Crippen LogP contribution in [0.25, 0.3) is 0 Å². The number of benzene rings is 1. The largest absolute Gasteiger partial charge is 0.455 e. The molecule has 0 fully saturated rings. The van der Waals surface area contributed by atoms with Gasteiger partial charge < -0.3 is 13.8 Å². The number of esters is 1. The van der Waals surface area contributed by atoms with Crippen LogP contribution in [0.5, 0.6) is 0 Å². The van der Waals surface area contributed by atoms with E-state index in [4.69, 9.17) is 13.8 Å². The van der Waals surface area contributed by atoms with Crippen molar-refractivity contribution >= 4 is 17.7 Å². The summed E-state index contributed by atoms with van der Waals surface area (Å²) in [5.41, 5.74) is 1.94. The van der Waals surface area contributed by atoms with Gasteiger partial charge in [0.15, 0.2) is 0 Å². The first-order valence-corrected chi connectivity index (χ1v) is 8.34. The van der Waals surface area contributed by atoms with Gasteiger partial charge in [-0.1, -0.05) is 22.4 Å². The zero-order chi connectivity index (χ0) is 16.9. The van der Waals surface area contributed by atoms with E-state index in [1.807, 2.05) is 25.1 Å². The summed E-state index contributed by atoms with van der Waals surface area (Å²) in [5.74, 6) is 1.67. The second kappa shape index (κ2) is 7.35. The number of carbonyl (C=O) groups is 1. The standard InChI is InChI=1S/C17H16N2O4S/c1-11-7-13(18-22-11)9-21-17(20)15-5-3-4-6-16(15)24-10-14-8-12(2)23-19-14/h3-8H,9-10H2,1-2H3. The fourth-order valence-corrected chi connectivity index (χ4v) is 3.02. The zero-order valence-corrected chi connectivity index (χ0v) is 14.1. The number of thioether (sulfide) groups is 1. The highest BCUT2D eigenvalue weighted by Crippen LogP contribution is 2.27. The molecule has 0 aliphatic rings. The lowest BCUT2D eigenvalue weighted by Crippen LogP contribution is -2.06. The lowest BCUT2D eigenvalue weighted by molar-refractivity contribution is 0.0460. The Kier molecular flexibility index (Phi) is 5.00. The highest BCUT2D eigenvalue weighted by atomic mass is 32.2. The van der Waals surface area contributed by atoms with E-state index in [-0.39, 0.29) is 6.61 Å². The van der Waals surface area contributed by atoms with Crippen molar-refractivity contribution in [3.8, 4) is 0 Å². The number of ether oxygens (including phenoxy) is 1. The molecule has 0 unspecified atom stereocenters. The van der Waals surface area contributed by atoms with Crippen LogP contribution in [0, 0.1) is 13.8 Å². The molecule has 124 valence electrons. The number of aromatic nitrogens is 2. The Balaban J connectivity index is 1.65. The molecule has 3 rings (SSSR count).